The average Bonchev–Trinajstić information content (AvgIpc) is 3.24. The number of hydrogen-bond acceptors (Lipinski definition) is 3. The van der Waals surface area contributed by atoms with Gasteiger partial charge in [-0.1, -0.05) is 25.8 Å². The van der Waals surface area contributed by atoms with E-state index in [4.69, 9.17) is 0 Å². The summed E-state index contributed by atoms with van der Waals surface area (Å²) in [6, 6.07) is 4.67. The lowest BCUT2D eigenvalue weighted by atomic mass is 10.1. The fourth-order valence-electron chi connectivity index (χ4n) is 3.00. The van der Waals surface area contributed by atoms with Crippen molar-refractivity contribution >= 4 is 47.2 Å². The van der Waals surface area contributed by atoms with Gasteiger partial charge in [0.25, 0.3) is 0 Å². The summed E-state index contributed by atoms with van der Waals surface area (Å²) in [5, 5.41) is 11.8. The quantitative estimate of drug-likeness (QED) is 0.306. The van der Waals surface area contributed by atoms with Crippen LogP contribution in [0.2, 0.25) is 0 Å². The molecule has 0 saturated heterocycles. The molecule has 7 heteroatoms. The van der Waals surface area contributed by atoms with Crippen molar-refractivity contribution in [3.05, 3.63) is 22.4 Å². The van der Waals surface area contributed by atoms with Crippen LogP contribution < -0.4 is 16.0 Å². The third-order valence-electron chi connectivity index (χ3n) is 4.34. The van der Waals surface area contributed by atoms with E-state index < -0.39 is 0 Å². The summed E-state index contributed by atoms with van der Waals surface area (Å²) in [5.74, 6) is 1.44. The fourth-order valence-corrected chi connectivity index (χ4v) is 3.87. The molecule has 142 valence electrons. The van der Waals surface area contributed by atoms with Gasteiger partial charge in [0.15, 0.2) is 5.96 Å². The van der Waals surface area contributed by atoms with Crippen LogP contribution in [0.25, 0.3) is 0 Å². The van der Waals surface area contributed by atoms with E-state index in [1.807, 2.05) is 0 Å². The van der Waals surface area contributed by atoms with Crippen molar-refractivity contribution in [3.8, 4) is 0 Å². The molecule has 1 unspecified atom stereocenters. The predicted molar refractivity (Wildman–Crippen MR) is 117 cm³/mol. The number of hydrogen-bond donors (Lipinski definition) is 3. The number of nitrogens with one attached hydrogen (secondary N) is 3. The van der Waals surface area contributed by atoms with Crippen LogP contribution in [0.4, 0.5) is 0 Å². The van der Waals surface area contributed by atoms with Crippen LogP contribution >= 0.6 is 35.3 Å². The Kier molecular flexibility index (Phi) is 11.1. The van der Waals surface area contributed by atoms with Gasteiger partial charge in [-0.2, -0.15) is 0 Å². The summed E-state index contributed by atoms with van der Waals surface area (Å²) >= 11 is 1.80. The molecular weight excluding hydrogens is 447 g/mol. The van der Waals surface area contributed by atoms with E-state index in [0.717, 1.165) is 31.8 Å². The summed E-state index contributed by atoms with van der Waals surface area (Å²) in [7, 11) is 1.76. The number of aliphatic imine (C=N–C) groups is 1. The zero-order valence-corrected chi connectivity index (χ0v) is 18.4. The minimum absolute atomic E-state index is 0. The van der Waals surface area contributed by atoms with Crippen LogP contribution in [0, 0.1) is 5.92 Å². The van der Waals surface area contributed by atoms with Crippen molar-refractivity contribution in [2.75, 3.05) is 20.1 Å². The number of guanidine groups is 1. The highest BCUT2D eigenvalue weighted by Crippen LogP contribution is 2.17. The Hall–Kier alpha value is -0.830. The first-order valence-corrected chi connectivity index (χ1v) is 9.81. The Balaban J connectivity index is 0.00000312. The van der Waals surface area contributed by atoms with Crippen LogP contribution in [-0.2, 0) is 11.2 Å². The van der Waals surface area contributed by atoms with E-state index in [-0.39, 0.29) is 29.9 Å². The summed E-state index contributed by atoms with van der Waals surface area (Å²) in [6.45, 7) is 3.71. The van der Waals surface area contributed by atoms with Crippen LogP contribution in [0.3, 0.4) is 0 Å². The zero-order valence-electron chi connectivity index (χ0n) is 15.2. The first kappa shape index (κ1) is 22.2. The predicted octanol–water partition coefficient (Wildman–Crippen LogP) is 3.16. The van der Waals surface area contributed by atoms with Gasteiger partial charge in [0.1, 0.15) is 0 Å². The number of halogens is 1. The molecule has 1 amide bonds. The maximum atomic E-state index is 11.9. The van der Waals surface area contributed by atoms with E-state index in [2.05, 4.69) is 45.4 Å². The van der Waals surface area contributed by atoms with Crippen LogP contribution in [-0.4, -0.2) is 38.0 Å². The molecule has 1 aromatic heterocycles. The molecule has 0 radical (unpaired) electrons. The highest BCUT2D eigenvalue weighted by atomic mass is 127. The first-order chi connectivity index (χ1) is 11.7. The van der Waals surface area contributed by atoms with E-state index in [0.29, 0.717) is 24.9 Å². The Labute approximate surface area is 172 Å². The molecule has 0 aromatic carbocycles. The van der Waals surface area contributed by atoms with Gasteiger partial charge in [0.2, 0.25) is 5.91 Å². The average molecular weight is 478 g/mol. The number of thiophene rings is 1. The van der Waals surface area contributed by atoms with Gasteiger partial charge < -0.3 is 16.0 Å². The molecule has 1 fully saturated rings. The minimum atomic E-state index is 0. The van der Waals surface area contributed by atoms with Crippen molar-refractivity contribution in [1.82, 2.24) is 16.0 Å². The van der Waals surface area contributed by atoms with Gasteiger partial charge in [-0.3, -0.25) is 9.79 Å². The lowest BCUT2D eigenvalue weighted by Crippen LogP contribution is -2.41. The van der Waals surface area contributed by atoms with Crippen molar-refractivity contribution in [2.24, 2.45) is 10.9 Å². The molecule has 1 saturated carbocycles. The van der Waals surface area contributed by atoms with E-state index in [1.165, 1.54) is 17.7 Å². The summed E-state index contributed by atoms with van der Waals surface area (Å²) in [4.78, 5) is 17.5. The molecule has 0 bridgehead atoms. The lowest BCUT2D eigenvalue weighted by molar-refractivity contribution is -0.121. The Morgan fingerprint density at radius 2 is 2.12 bits per heavy atom. The maximum absolute atomic E-state index is 11.9. The minimum Gasteiger partial charge on any atom is -0.356 e. The van der Waals surface area contributed by atoms with Gasteiger partial charge in [0.05, 0.1) is 0 Å². The number of rotatable bonds is 8. The third kappa shape index (κ3) is 8.89. The topological polar surface area (TPSA) is 65.5 Å². The van der Waals surface area contributed by atoms with Crippen LogP contribution in [0.1, 0.15) is 43.9 Å². The largest absolute Gasteiger partial charge is 0.356 e. The van der Waals surface area contributed by atoms with Crippen molar-refractivity contribution in [2.45, 2.75) is 51.5 Å². The Morgan fingerprint density at radius 1 is 1.36 bits per heavy atom. The first-order valence-electron chi connectivity index (χ1n) is 8.93. The van der Waals surface area contributed by atoms with Gasteiger partial charge in [-0.25, -0.2) is 0 Å². The van der Waals surface area contributed by atoms with Gasteiger partial charge >= 0.3 is 0 Å². The molecule has 1 aromatic rings. The second kappa shape index (κ2) is 12.5. The summed E-state index contributed by atoms with van der Waals surface area (Å²) in [5.41, 5.74) is 0. The Morgan fingerprint density at radius 3 is 2.76 bits per heavy atom. The molecule has 3 N–H and O–H groups in total. The molecule has 1 aliphatic carbocycles. The van der Waals surface area contributed by atoms with E-state index in [9.17, 15) is 4.79 Å². The molecule has 0 aliphatic heterocycles. The molecule has 2 rings (SSSR count). The van der Waals surface area contributed by atoms with Crippen molar-refractivity contribution in [1.29, 1.82) is 0 Å². The maximum Gasteiger partial charge on any atom is 0.221 e. The SMILES string of the molecule is CN=C(NCCC(=O)NC1CCCC1)NCC(C)Cc1cccs1.I. The highest BCUT2D eigenvalue weighted by Gasteiger charge is 2.16. The van der Waals surface area contributed by atoms with Crippen molar-refractivity contribution < 1.29 is 4.79 Å². The number of carbonyl (C=O) groups excluding carboxylic acids is 1. The second-order valence-electron chi connectivity index (χ2n) is 6.57. The number of amides is 1. The number of carbonyl (C=O) groups is 1. The molecular formula is C18H31IN4OS. The second-order valence-corrected chi connectivity index (χ2v) is 7.60. The molecule has 0 spiro atoms. The molecule has 25 heavy (non-hydrogen) atoms. The zero-order chi connectivity index (χ0) is 17.2. The molecule has 1 heterocycles. The third-order valence-corrected chi connectivity index (χ3v) is 5.23. The van der Waals surface area contributed by atoms with Gasteiger partial charge in [-0.15, -0.1) is 35.3 Å². The van der Waals surface area contributed by atoms with Crippen LogP contribution in [0.15, 0.2) is 22.5 Å². The lowest BCUT2D eigenvalue weighted by Gasteiger charge is -2.16. The highest BCUT2D eigenvalue weighted by molar-refractivity contribution is 14.0. The Bertz CT molecular complexity index is 515. The fraction of sp³-hybridized carbons (Fsp3) is 0.667. The van der Waals surface area contributed by atoms with Gasteiger partial charge in [-0.05, 0) is 36.6 Å². The number of nitrogens with zero attached hydrogens (tertiary/aromatic N) is 1. The van der Waals surface area contributed by atoms with Gasteiger partial charge in [0, 0.05) is 37.5 Å². The monoisotopic (exact) mass is 478 g/mol. The standard InChI is InChI=1S/C18H30N4OS.HI/c1-14(12-16-8-5-11-24-16)13-21-18(19-2)20-10-9-17(23)22-15-6-3-4-7-15;/h5,8,11,14-15H,3-4,6-7,9-10,12-13H2,1-2H3,(H,22,23)(H2,19,20,21);1H. The van der Waals surface area contributed by atoms with Crippen LogP contribution in [0.5, 0.6) is 0 Å². The molecule has 1 atom stereocenters. The normalized spacial score (nSPS) is 16.2. The summed E-state index contributed by atoms with van der Waals surface area (Å²) < 4.78 is 0. The summed E-state index contributed by atoms with van der Waals surface area (Å²) in [6.07, 6.45) is 6.30. The van der Waals surface area contributed by atoms with E-state index >= 15 is 0 Å². The van der Waals surface area contributed by atoms with Crippen molar-refractivity contribution in [3.63, 3.8) is 0 Å². The smallest absolute Gasteiger partial charge is 0.221 e. The molecule has 5 nitrogen and oxygen atoms in total. The van der Waals surface area contributed by atoms with E-state index in [1.54, 1.807) is 18.4 Å². The molecule has 1 aliphatic rings.